The molecule has 0 aromatic heterocycles. The molecule has 1 saturated carbocycles. The SMILES string of the molecule is Cc1ccccc1C(C(=O)Nc1c(C)cccc1Cl)N(C(=O)C(CO)NC(=O)OC(C)(C)C)C1CC1C. The lowest BCUT2D eigenvalue weighted by atomic mass is 9.97. The number of aliphatic hydroxyl groups is 1. The highest BCUT2D eigenvalue weighted by Crippen LogP contribution is 2.42. The lowest BCUT2D eigenvalue weighted by molar-refractivity contribution is -0.142. The first-order chi connectivity index (χ1) is 17.3. The molecule has 0 aliphatic heterocycles. The number of alkyl carbamates (subject to hydrolysis) is 1. The van der Waals surface area contributed by atoms with Gasteiger partial charge in [-0.15, -0.1) is 0 Å². The summed E-state index contributed by atoms with van der Waals surface area (Å²) in [6.07, 6.45) is -0.135. The quantitative estimate of drug-likeness (QED) is 0.457. The molecule has 8 nitrogen and oxygen atoms in total. The summed E-state index contributed by atoms with van der Waals surface area (Å²) in [4.78, 5) is 41.8. The van der Waals surface area contributed by atoms with Crippen LogP contribution >= 0.6 is 11.6 Å². The maximum atomic E-state index is 13.9. The van der Waals surface area contributed by atoms with Gasteiger partial charge in [0.15, 0.2) is 0 Å². The zero-order valence-electron chi connectivity index (χ0n) is 22.2. The molecule has 0 heterocycles. The number of rotatable bonds is 8. The third-order valence-corrected chi connectivity index (χ3v) is 6.65. The molecule has 0 spiro atoms. The van der Waals surface area contributed by atoms with E-state index in [1.54, 1.807) is 32.9 Å². The third-order valence-electron chi connectivity index (χ3n) is 6.33. The largest absolute Gasteiger partial charge is 0.444 e. The minimum Gasteiger partial charge on any atom is -0.444 e. The summed E-state index contributed by atoms with van der Waals surface area (Å²) >= 11 is 6.39. The number of nitrogens with zero attached hydrogens (tertiary/aromatic N) is 1. The zero-order chi connectivity index (χ0) is 27.5. The average molecular weight is 530 g/mol. The van der Waals surface area contributed by atoms with Gasteiger partial charge in [-0.3, -0.25) is 9.59 Å². The van der Waals surface area contributed by atoms with E-state index in [0.29, 0.717) is 22.7 Å². The molecule has 9 heteroatoms. The Bertz CT molecular complexity index is 1140. The van der Waals surface area contributed by atoms with Crippen LogP contribution in [0.5, 0.6) is 0 Å². The Morgan fingerprint density at radius 2 is 1.73 bits per heavy atom. The van der Waals surface area contributed by atoms with Gasteiger partial charge in [0.1, 0.15) is 17.7 Å². The van der Waals surface area contributed by atoms with Crippen molar-refractivity contribution in [2.45, 2.75) is 71.7 Å². The van der Waals surface area contributed by atoms with E-state index < -0.39 is 42.2 Å². The van der Waals surface area contributed by atoms with Crippen molar-refractivity contribution in [3.8, 4) is 0 Å². The summed E-state index contributed by atoms with van der Waals surface area (Å²) in [5.74, 6) is -0.861. The van der Waals surface area contributed by atoms with Gasteiger partial charge in [-0.2, -0.15) is 0 Å². The highest BCUT2D eigenvalue weighted by Gasteiger charge is 2.48. The second-order valence-electron chi connectivity index (χ2n) is 10.6. The molecule has 2 aromatic carbocycles. The van der Waals surface area contributed by atoms with Gasteiger partial charge in [-0.1, -0.05) is 54.9 Å². The Morgan fingerprint density at radius 3 is 2.27 bits per heavy atom. The number of amides is 3. The smallest absolute Gasteiger partial charge is 0.408 e. The van der Waals surface area contributed by atoms with Crippen LogP contribution in [0.1, 0.15) is 56.8 Å². The number of hydrogen-bond donors (Lipinski definition) is 3. The molecule has 4 atom stereocenters. The van der Waals surface area contributed by atoms with Gasteiger partial charge in [-0.25, -0.2) is 4.79 Å². The van der Waals surface area contributed by atoms with Crippen molar-refractivity contribution in [2.24, 2.45) is 5.92 Å². The molecular weight excluding hydrogens is 494 g/mol. The Balaban J connectivity index is 2.02. The molecular formula is C28H36ClN3O5. The van der Waals surface area contributed by atoms with Crippen molar-refractivity contribution in [1.82, 2.24) is 10.2 Å². The fourth-order valence-corrected chi connectivity index (χ4v) is 4.55. The van der Waals surface area contributed by atoms with Gasteiger partial charge >= 0.3 is 6.09 Å². The molecule has 3 amide bonds. The molecule has 2 aromatic rings. The number of aryl methyl sites for hydroxylation is 2. The molecule has 4 unspecified atom stereocenters. The number of para-hydroxylation sites is 1. The minimum atomic E-state index is -1.29. The summed E-state index contributed by atoms with van der Waals surface area (Å²) in [5.41, 5.74) is 1.93. The summed E-state index contributed by atoms with van der Waals surface area (Å²) in [5, 5.41) is 15.9. The van der Waals surface area contributed by atoms with Crippen molar-refractivity contribution in [3.05, 3.63) is 64.2 Å². The van der Waals surface area contributed by atoms with Crippen LogP contribution in [0.15, 0.2) is 42.5 Å². The van der Waals surface area contributed by atoms with Crippen molar-refractivity contribution >= 4 is 35.2 Å². The Labute approximate surface area is 223 Å². The molecule has 0 saturated heterocycles. The molecule has 37 heavy (non-hydrogen) atoms. The molecule has 3 N–H and O–H groups in total. The molecule has 0 bridgehead atoms. The van der Waals surface area contributed by atoms with E-state index in [-0.39, 0.29) is 12.0 Å². The van der Waals surface area contributed by atoms with E-state index in [1.807, 2.05) is 51.1 Å². The van der Waals surface area contributed by atoms with Crippen molar-refractivity contribution < 1.29 is 24.2 Å². The number of ether oxygens (including phenoxy) is 1. The van der Waals surface area contributed by atoms with Crippen LogP contribution in [0.25, 0.3) is 0 Å². The third kappa shape index (κ3) is 7.02. The van der Waals surface area contributed by atoms with Gasteiger partial charge in [0.25, 0.3) is 5.91 Å². The van der Waals surface area contributed by atoms with Crippen LogP contribution in [-0.2, 0) is 14.3 Å². The van der Waals surface area contributed by atoms with Gasteiger partial charge < -0.3 is 25.4 Å². The number of benzene rings is 2. The van der Waals surface area contributed by atoms with Crippen molar-refractivity contribution in [2.75, 3.05) is 11.9 Å². The summed E-state index contributed by atoms with van der Waals surface area (Å²) in [6.45, 7) is 10.2. The van der Waals surface area contributed by atoms with E-state index in [9.17, 15) is 19.5 Å². The number of nitrogens with one attached hydrogen (secondary N) is 2. The van der Waals surface area contributed by atoms with Crippen LogP contribution in [0.4, 0.5) is 10.5 Å². The summed E-state index contributed by atoms with van der Waals surface area (Å²) < 4.78 is 5.29. The Hall–Kier alpha value is -3.10. The number of carbonyl (C=O) groups excluding carboxylic acids is 3. The maximum absolute atomic E-state index is 13.9. The summed E-state index contributed by atoms with van der Waals surface area (Å²) in [6, 6.07) is 10.1. The Morgan fingerprint density at radius 1 is 1.11 bits per heavy atom. The van der Waals surface area contributed by atoms with Crippen LogP contribution in [0.3, 0.4) is 0 Å². The van der Waals surface area contributed by atoms with E-state index in [1.165, 1.54) is 4.90 Å². The molecule has 0 radical (unpaired) electrons. The highest BCUT2D eigenvalue weighted by atomic mass is 35.5. The standard InChI is InChI=1S/C28H36ClN3O5/c1-16-10-7-8-12-19(16)24(25(34)31-23-17(2)11-9-13-20(23)29)32(22-14-18(22)3)26(35)21(15-33)30-27(36)37-28(4,5)6/h7-13,18,21-22,24,33H,14-15H2,1-6H3,(H,30,36)(H,31,34). The fraction of sp³-hybridized carbons (Fsp3) is 0.464. The average Bonchev–Trinajstić information content (AvgIpc) is 3.53. The number of aliphatic hydroxyl groups excluding tert-OH is 1. The lowest BCUT2D eigenvalue weighted by Gasteiger charge is -2.35. The zero-order valence-corrected chi connectivity index (χ0v) is 22.9. The number of hydrogen-bond acceptors (Lipinski definition) is 5. The van der Waals surface area contributed by atoms with E-state index in [4.69, 9.17) is 16.3 Å². The first-order valence-electron chi connectivity index (χ1n) is 12.4. The Kier molecular flexibility index (Phi) is 8.87. The van der Waals surface area contributed by atoms with Crippen molar-refractivity contribution in [1.29, 1.82) is 0 Å². The molecule has 200 valence electrons. The second-order valence-corrected chi connectivity index (χ2v) is 11.0. The van der Waals surface area contributed by atoms with Gasteiger partial charge in [0, 0.05) is 6.04 Å². The van der Waals surface area contributed by atoms with Crippen LogP contribution < -0.4 is 10.6 Å². The van der Waals surface area contributed by atoms with Gasteiger partial charge in [0.2, 0.25) is 5.91 Å². The molecule has 1 aliphatic carbocycles. The van der Waals surface area contributed by atoms with E-state index in [0.717, 1.165) is 11.1 Å². The van der Waals surface area contributed by atoms with E-state index >= 15 is 0 Å². The first-order valence-corrected chi connectivity index (χ1v) is 12.8. The minimum absolute atomic E-state index is 0.145. The fourth-order valence-electron chi connectivity index (χ4n) is 4.28. The second kappa shape index (κ2) is 11.5. The maximum Gasteiger partial charge on any atom is 0.408 e. The molecule has 3 rings (SSSR count). The monoisotopic (exact) mass is 529 g/mol. The number of anilines is 1. The number of carbonyl (C=O) groups is 3. The van der Waals surface area contributed by atoms with Gasteiger partial charge in [0.05, 0.1) is 17.3 Å². The topological polar surface area (TPSA) is 108 Å². The lowest BCUT2D eigenvalue weighted by Crippen LogP contribution is -2.54. The predicted octanol–water partition coefficient (Wildman–Crippen LogP) is 4.76. The molecule has 1 fully saturated rings. The molecule has 1 aliphatic rings. The van der Waals surface area contributed by atoms with Crippen LogP contribution in [0, 0.1) is 19.8 Å². The van der Waals surface area contributed by atoms with Gasteiger partial charge in [-0.05, 0) is 69.7 Å². The van der Waals surface area contributed by atoms with E-state index in [2.05, 4.69) is 10.6 Å². The highest BCUT2D eigenvalue weighted by molar-refractivity contribution is 6.34. The normalized spacial score (nSPS) is 18.4. The van der Waals surface area contributed by atoms with Crippen molar-refractivity contribution in [3.63, 3.8) is 0 Å². The predicted molar refractivity (Wildman–Crippen MR) is 143 cm³/mol. The summed E-state index contributed by atoms with van der Waals surface area (Å²) in [7, 11) is 0. The van der Waals surface area contributed by atoms with Crippen LogP contribution in [0.2, 0.25) is 5.02 Å². The first kappa shape index (κ1) is 28.5. The number of halogens is 1. The van der Waals surface area contributed by atoms with Crippen LogP contribution in [-0.4, -0.2) is 52.2 Å².